The first-order chi connectivity index (χ1) is 16.8. The van der Waals surface area contributed by atoms with Gasteiger partial charge in [-0.15, -0.1) is 0 Å². The van der Waals surface area contributed by atoms with Gasteiger partial charge in [-0.25, -0.2) is 0 Å². The Bertz CT molecular complexity index is 650. The van der Waals surface area contributed by atoms with Crippen molar-refractivity contribution in [1.82, 2.24) is 4.90 Å². The molecule has 1 rings (SSSR count). The number of ketones is 1. The number of benzene rings is 1. The van der Waals surface area contributed by atoms with Crippen LogP contribution in [0.2, 0.25) is 0 Å². The molecule has 0 aliphatic rings. The van der Waals surface area contributed by atoms with Crippen LogP contribution in [0.4, 0.5) is 5.69 Å². The Labute approximate surface area is 215 Å². The van der Waals surface area contributed by atoms with Gasteiger partial charge < -0.3 is 11.1 Å². The molecule has 3 N–H and O–H groups in total. The topological polar surface area (TPSA) is 92.5 Å². The normalized spacial score (nSPS) is 10.9. The molecule has 0 aliphatic heterocycles. The van der Waals surface area contributed by atoms with E-state index in [-0.39, 0.29) is 17.7 Å². The largest absolute Gasteiger partial charge is 0.369 e. The monoisotopic (exact) mass is 491 g/mol. The minimum atomic E-state index is -0.170. The summed E-state index contributed by atoms with van der Waals surface area (Å²) >= 11 is 0. The van der Waals surface area contributed by atoms with Gasteiger partial charge in [0.2, 0.25) is 11.8 Å². The van der Waals surface area contributed by atoms with Crippen LogP contribution in [0.5, 0.6) is 0 Å². The highest BCUT2D eigenvalue weighted by Crippen LogP contribution is 2.08. The molecule has 0 bridgehead atoms. The number of para-hydroxylation sites is 1. The molecule has 0 aliphatic carbocycles. The van der Waals surface area contributed by atoms with Gasteiger partial charge in [-0.3, -0.25) is 19.3 Å². The lowest BCUT2D eigenvalue weighted by molar-refractivity contribution is -0.121. The van der Waals surface area contributed by atoms with Gasteiger partial charge in [0.05, 0.1) is 6.54 Å². The molecule has 6 nitrogen and oxygen atoms in total. The van der Waals surface area contributed by atoms with Crippen molar-refractivity contribution in [3.05, 3.63) is 30.3 Å². The average molecular weight is 492 g/mol. The van der Waals surface area contributed by atoms with Gasteiger partial charge in [0.1, 0.15) is 5.78 Å². The van der Waals surface area contributed by atoms with Crippen molar-refractivity contribution in [2.75, 3.05) is 25.0 Å². The predicted molar refractivity (Wildman–Crippen MR) is 149 cm³/mol. The Hall–Kier alpha value is -2.21. The van der Waals surface area contributed by atoms with Crippen molar-refractivity contribution >= 4 is 23.3 Å². The quantitative estimate of drug-likeness (QED) is 0.240. The predicted octanol–water partition coefficient (Wildman–Crippen LogP) is 6.59. The van der Waals surface area contributed by atoms with Gasteiger partial charge in [-0.1, -0.05) is 85.4 Å². The molecule has 0 saturated heterocycles. The number of hydrogen-bond acceptors (Lipinski definition) is 4. The molecule has 6 heteroatoms. The number of rotatable bonds is 17. The molecule has 1 unspecified atom stereocenters. The number of nitrogens with zero attached hydrogens (tertiary/aromatic N) is 1. The maximum Gasteiger partial charge on any atom is 0.238 e. The third kappa shape index (κ3) is 22.0. The van der Waals surface area contributed by atoms with E-state index in [0.29, 0.717) is 25.2 Å². The van der Waals surface area contributed by atoms with E-state index in [1.165, 1.54) is 12.8 Å². The van der Waals surface area contributed by atoms with Gasteiger partial charge in [0, 0.05) is 24.4 Å². The number of unbranched alkanes of at least 4 members (excludes halogenated alkanes) is 4. The van der Waals surface area contributed by atoms with Gasteiger partial charge in [-0.05, 0) is 50.9 Å². The zero-order chi connectivity index (χ0) is 26.9. The summed E-state index contributed by atoms with van der Waals surface area (Å²) in [5.74, 6) is 0.270. The van der Waals surface area contributed by atoms with E-state index in [0.717, 1.165) is 57.3 Å². The molecule has 35 heavy (non-hydrogen) atoms. The third-order valence-electron chi connectivity index (χ3n) is 5.52. The van der Waals surface area contributed by atoms with Crippen molar-refractivity contribution in [3.63, 3.8) is 0 Å². The van der Waals surface area contributed by atoms with Crippen LogP contribution in [0.25, 0.3) is 0 Å². The number of amides is 2. The summed E-state index contributed by atoms with van der Waals surface area (Å²) < 4.78 is 0. The SMILES string of the molecule is CC.CCCCCC(C)C(N)=O.CCCN(CCCCCC(=O)CC)CC(=O)Nc1ccccc1. The minimum Gasteiger partial charge on any atom is -0.369 e. The first kappa shape index (κ1) is 35.0. The minimum absolute atomic E-state index is 0.0332. The molecular formula is C29H53N3O3. The second-order valence-electron chi connectivity index (χ2n) is 8.69. The van der Waals surface area contributed by atoms with Crippen LogP contribution in [-0.4, -0.2) is 42.1 Å². The maximum atomic E-state index is 12.1. The molecule has 1 atom stereocenters. The Morgan fingerprint density at radius 2 is 1.54 bits per heavy atom. The Kier molecular flexibility index (Phi) is 24.9. The summed E-state index contributed by atoms with van der Waals surface area (Å²) in [6, 6.07) is 9.55. The molecule has 202 valence electrons. The average Bonchev–Trinajstić information content (AvgIpc) is 2.86. The number of Topliss-reactive ketones (excluding diaryl/α,β-unsaturated/α-hetero) is 1. The first-order valence-corrected chi connectivity index (χ1v) is 13.7. The highest BCUT2D eigenvalue weighted by Gasteiger charge is 2.10. The first-order valence-electron chi connectivity index (χ1n) is 13.7. The van der Waals surface area contributed by atoms with E-state index >= 15 is 0 Å². The third-order valence-corrected chi connectivity index (χ3v) is 5.52. The van der Waals surface area contributed by atoms with Gasteiger partial charge in [0.15, 0.2) is 0 Å². The fourth-order valence-corrected chi connectivity index (χ4v) is 3.37. The number of nitrogens with one attached hydrogen (secondary N) is 1. The van der Waals surface area contributed by atoms with Crippen molar-refractivity contribution in [2.45, 2.75) is 106 Å². The van der Waals surface area contributed by atoms with Crippen molar-refractivity contribution in [2.24, 2.45) is 11.7 Å². The van der Waals surface area contributed by atoms with Crippen molar-refractivity contribution < 1.29 is 14.4 Å². The molecular weight excluding hydrogens is 438 g/mol. The summed E-state index contributed by atoms with van der Waals surface area (Å²) in [5, 5.41) is 2.93. The molecule has 0 spiro atoms. The number of anilines is 1. The summed E-state index contributed by atoms with van der Waals surface area (Å²) in [5.41, 5.74) is 5.92. The van der Waals surface area contributed by atoms with Crippen LogP contribution in [0, 0.1) is 5.92 Å². The van der Waals surface area contributed by atoms with E-state index in [9.17, 15) is 14.4 Å². The van der Waals surface area contributed by atoms with Gasteiger partial charge in [-0.2, -0.15) is 0 Å². The van der Waals surface area contributed by atoms with Crippen LogP contribution in [0.15, 0.2) is 30.3 Å². The van der Waals surface area contributed by atoms with Crippen LogP contribution in [0.1, 0.15) is 106 Å². The van der Waals surface area contributed by atoms with Crippen molar-refractivity contribution in [3.8, 4) is 0 Å². The van der Waals surface area contributed by atoms with Gasteiger partial charge >= 0.3 is 0 Å². The molecule has 2 amide bonds. The molecule has 0 aromatic heterocycles. The van der Waals surface area contributed by atoms with E-state index in [4.69, 9.17) is 5.73 Å². The number of carbonyl (C=O) groups is 3. The summed E-state index contributed by atoms with van der Waals surface area (Å²) in [6.45, 7) is 14.3. The van der Waals surface area contributed by atoms with Crippen molar-refractivity contribution in [1.29, 1.82) is 0 Å². The lowest BCUT2D eigenvalue weighted by atomic mass is 10.0. The summed E-state index contributed by atoms with van der Waals surface area (Å²) in [6.07, 6.45) is 9.89. The highest BCUT2D eigenvalue weighted by atomic mass is 16.2. The number of hydrogen-bond donors (Lipinski definition) is 2. The lowest BCUT2D eigenvalue weighted by Gasteiger charge is -2.21. The molecule has 1 aromatic rings. The van der Waals surface area contributed by atoms with E-state index in [2.05, 4.69) is 24.1 Å². The summed E-state index contributed by atoms with van der Waals surface area (Å²) in [4.78, 5) is 36.1. The number of primary amides is 1. The fourth-order valence-electron chi connectivity index (χ4n) is 3.37. The standard InChI is InChI=1S/C19H30N2O2.C8H17NO.C2H6/c1-3-14-21(15-10-6-9-13-18(22)4-2)16-19(23)20-17-11-7-5-8-12-17;1-3-4-5-6-7(2)8(9)10;1-2/h5,7-8,11-12H,3-4,6,9-10,13-16H2,1-2H3,(H,20,23);7H,3-6H2,1-2H3,(H2,9,10);1-2H3. The van der Waals surface area contributed by atoms with Gasteiger partial charge in [0.25, 0.3) is 0 Å². The van der Waals surface area contributed by atoms with Crippen LogP contribution >= 0.6 is 0 Å². The zero-order valence-corrected chi connectivity index (χ0v) is 23.4. The van der Waals surface area contributed by atoms with E-state index in [1.54, 1.807) is 0 Å². The van der Waals surface area contributed by atoms with E-state index in [1.807, 2.05) is 58.0 Å². The number of nitrogens with two attached hydrogens (primary N) is 1. The van der Waals surface area contributed by atoms with Crippen LogP contribution in [-0.2, 0) is 14.4 Å². The summed E-state index contributed by atoms with van der Waals surface area (Å²) in [7, 11) is 0. The Morgan fingerprint density at radius 3 is 2.09 bits per heavy atom. The molecule has 0 fully saturated rings. The highest BCUT2D eigenvalue weighted by molar-refractivity contribution is 5.92. The van der Waals surface area contributed by atoms with Crippen LogP contribution < -0.4 is 11.1 Å². The second kappa shape index (κ2) is 24.9. The maximum absolute atomic E-state index is 12.1. The Balaban J connectivity index is 0. The molecule has 0 saturated carbocycles. The molecule has 0 heterocycles. The van der Waals surface area contributed by atoms with E-state index < -0.39 is 0 Å². The zero-order valence-electron chi connectivity index (χ0n) is 23.4. The molecule has 1 aromatic carbocycles. The molecule has 0 radical (unpaired) electrons. The Morgan fingerprint density at radius 1 is 0.886 bits per heavy atom. The number of carbonyl (C=O) groups excluding carboxylic acids is 3. The fraction of sp³-hybridized carbons (Fsp3) is 0.690. The smallest absolute Gasteiger partial charge is 0.238 e. The lowest BCUT2D eigenvalue weighted by Crippen LogP contribution is -2.34. The second-order valence-corrected chi connectivity index (χ2v) is 8.69. The van der Waals surface area contributed by atoms with Crippen LogP contribution in [0.3, 0.4) is 0 Å².